The van der Waals surface area contributed by atoms with Gasteiger partial charge in [-0.05, 0) is 64.2 Å². The molecule has 0 spiro atoms. The van der Waals surface area contributed by atoms with Crippen molar-refractivity contribution in [1.29, 1.82) is 0 Å². The Morgan fingerprint density at radius 1 is 0.490 bits per heavy atom. The zero-order valence-electron chi connectivity index (χ0n) is 34.0. The molecule has 0 saturated heterocycles. The number of nitrogens with one attached hydrogen (secondary N) is 1. The average molecular weight is 720 g/mol. The number of unbranched alkanes of at least 4 members (excludes halogenated alkanes) is 28. The SMILES string of the molecule is CCCCCCCCC/C=C\CCCCCCCC(=O)OC(CCCCCCCCCCCCCCC)CCCCCCCC(=O)NCC(=O)O. The molecule has 0 heterocycles. The molecule has 300 valence electrons. The largest absolute Gasteiger partial charge is 0.480 e. The second-order valence-electron chi connectivity index (χ2n) is 15.3. The molecule has 1 amide bonds. The van der Waals surface area contributed by atoms with Crippen LogP contribution in [0, 0.1) is 0 Å². The zero-order chi connectivity index (χ0) is 37.3. The fourth-order valence-corrected chi connectivity index (χ4v) is 6.86. The first-order chi connectivity index (χ1) is 25.0. The van der Waals surface area contributed by atoms with E-state index < -0.39 is 5.97 Å². The van der Waals surface area contributed by atoms with Crippen LogP contribution in [0.4, 0.5) is 0 Å². The van der Waals surface area contributed by atoms with Crippen LogP contribution in [0.2, 0.25) is 0 Å². The highest BCUT2D eigenvalue weighted by Gasteiger charge is 2.14. The molecule has 51 heavy (non-hydrogen) atoms. The molecule has 0 aliphatic carbocycles. The minimum atomic E-state index is -1.01. The summed E-state index contributed by atoms with van der Waals surface area (Å²) in [5.74, 6) is -1.22. The van der Waals surface area contributed by atoms with Gasteiger partial charge in [-0.25, -0.2) is 0 Å². The lowest BCUT2D eigenvalue weighted by molar-refractivity contribution is -0.150. The lowest BCUT2D eigenvalue weighted by atomic mass is 10.0. The van der Waals surface area contributed by atoms with E-state index in [1.807, 2.05) is 0 Å². The van der Waals surface area contributed by atoms with Crippen LogP contribution in [-0.2, 0) is 19.1 Å². The maximum atomic E-state index is 12.8. The number of esters is 1. The van der Waals surface area contributed by atoms with Crippen LogP contribution in [-0.4, -0.2) is 35.6 Å². The van der Waals surface area contributed by atoms with E-state index in [2.05, 4.69) is 31.3 Å². The fourth-order valence-electron chi connectivity index (χ4n) is 6.86. The lowest BCUT2D eigenvalue weighted by Gasteiger charge is -2.18. The normalized spacial score (nSPS) is 12.0. The Balaban J connectivity index is 4.14. The van der Waals surface area contributed by atoms with Gasteiger partial charge in [0.05, 0.1) is 0 Å². The van der Waals surface area contributed by atoms with Gasteiger partial charge in [0.25, 0.3) is 0 Å². The van der Waals surface area contributed by atoms with Crippen molar-refractivity contribution in [2.24, 2.45) is 0 Å². The molecule has 0 aromatic carbocycles. The molecule has 0 rings (SSSR count). The lowest BCUT2D eigenvalue weighted by Crippen LogP contribution is -2.28. The molecule has 0 aromatic rings. The van der Waals surface area contributed by atoms with Crippen molar-refractivity contribution in [2.75, 3.05) is 6.54 Å². The number of rotatable bonds is 41. The predicted molar refractivity (Wildman–Crippen MR) is 217 cm³/mol. The van der Waals surface area contributed by atoms with Crippen LogP contribution >= 0.6 is 0 Å². The number of allylic oxidation sites excluding steroid dienone is 2. The van der Waals surface area contributed by atoms with E-state index in [1.165, 1.54) is 154 Å². The second kappa shape index (κ2) is 40.9. The minimum Gasteiger partial charge on any atom is -0.480 e. The van der Waals surface area contributed by atoms with E-state index in [9.17, 15) is 14.4 Å². The Labute approximate surface area is 316 Å². The van der Waals surface area contributed by atoms with E-state index >= 15 is 0 Å². The summed E-state index contributed by atoms with van der Waals surface area (Å²) in [4.78, 5) is 35.0. The van der Waals surface area contributed by atoms with Crippen molar-refractivity contribution >= 4 is 17.8 Å². The van der Waals surface area contributed by atoms with Gasteiger partial charge >= 0.3 is 11.9 Å². The highest BCUT2D eigenvalue weighted by atomic mass is 16.5. The van der Waals surface area contributed by atoms with Gasteiger partial charge in [-0.2, -0.15) is 0 Å². The molecule has 0 aliphatic heterocycles. The van der Waals surface area contributed by atoms with Crippen molar-refractivity contribution < 1.29 is 24.2 Å². The van der Waals surface area contributed by atoms with Gasteiger partial charge in [0.1, 0.15) is 12.6 Å². The number of amides is 1. The van der Waals surface area contributed by atoms with E-state index in [1.54, 1.807) is 0 Å². The number of ether oxygens (including phenoxy) is 1. The summed E-state index contributed by atoms with van der Waals surface area (Å²) >= 11 is 0. The van der Waals surface area contributed by atoms with Crippen LogP contribution in [0.5, 0.6) is 0 Å². The molecule has 0 bridgehead atoms. The van der Waals surface area contributed by atoms with Crippen molar-refractivity contribution in [3.05, 3.63) is 12.2 Å². The fraction of sp³-hybridized carbons (Fsp3) is 0.889. The Bertz CT molecular complexity index is 797. The highest BCUT2D eigenvalue weighted by Crippen LogP contribution is 2.19. The van der Waals surface area contributed by atoms with Crippen LogP contribution in [0.3, 0.4) is 0 Å². The molecule has 1 atom stereocenters. The molecule has 0 saturated carbocycles. The van der Waals surface area contributed by atoms with Gasteiger partial charge in [-0.15, -0.1) is 0 Å². The van der Waals surface area contributed by atoms with E-state index in [0.717, 1.165) is 64.2 Å². The van der Waals surface area contributed by atoms with E-state index in [0.29, 0.717) is 12.8 Å². The summed E-state index contributed by atoms with van der Waals surface area (Å²) in [6, 6.07) is 0. The first kappa shape index (κ1) is 49.1. The number of carboxylic acids is 1. The van der Waals surface area contributed by atoms with Crippen molar-refractivity contribution in [3.63, 3.8) is 0 Å². The topological polar surface area (TPSA) is 92.7 Å². The Morgan fingerprint density at radius 3 is 1.25 bits per heavy atom. The van der Waals surface area contributed by atoms with Crippen molar-refractivity contribution in [1.82, 2.24) is 5.32 Å². The standard InChI is InChI=1S/C45H85NO5/c1-3-5-7-9-11-13-15-17-18-19-21-23-25-27-32-36-40-45(50)51-42(38-34-30-28-31-35-39-43(47)46-41-44(48)49)37-33-29-26-24-22-20-16-14-12-10-8-6-4-2/h18-19,42H,3-17,20-41H2,1-2H3,(H,46,47)(H,48,49)/b19-18-. The van der Waals surface area contributed by atoms with Crippen LogP contribution < -0.4 is 5.32 Å². The molecule has 0 aliphatic rings. The molecule has 2 N–H and O–H groups in total. The maximum absolute atomic E-state index is 12.8. The van der Waals surface area contributed by atoms with Crippen LogP contribution in [0.15, 0.2) is 12.2 Å². The summed E-state index contributed by atoms with van der Waals surface area (Å²) in [6.07, 6.45) is 47.6. The summed E-state index contributed by atoms with van der Waals surface area (Å²) in [6.45, 7) is 4.24. The number of carbonyl (C=O) groups excluding carboxylic acids is 2. The monoisotopic (exact) mass is 720 g/mol. The minimum absolute atomic E-state index is 0.0182. The number of aliphatic carboxylic acids is 1. The van der Waals surface area contributed by atoms with Gasteiger partial charge in [-0.1, -0.05) is 180 Å². The molecular formula is C45H85NO5. The third-order valence-electron chi connectivity index (χ3n) is 10.2. The Hall–Kier alpha value is -1.85. The average Bonchev–Trinajstić information content (AvgIpc) is 3.11. The third-order valence-corrected chi connectivity index (χ3v) is 10.2. The van der Waals surface area contributed by atoms with E-state index in [4.69, 9.17) is 9.84 Å². The molecule has 0 radical (unpaired) electrons. The quantitative estimate of drug-likeness (QED) is 0.0373. The molecule has 1 unspecified atom stereocenters. The molecule has 0 aromatic heterocycles. The number of carboxylic acid groups (broad SMARTS) is 1. The van der Waals surface area contributed by atoms with E-state index in [-0.39, 0.29) is 24.5 Å². The number of hydrogen-bond acceptors (Lipinski definition) is 4. The highest BCUT2D eigenvalue weighted by molar-refractivity contribution is 5.80. The zero-order valence-corrected chi connectivity index (χ0v) is 34.0. The predicted octanol–water partition coefficient (Wildman–Crippen LogP) is 13.7. The molecule has 6 heteroatoms. The van der Waals surface area contributed by atoms with Gasteiger partial charge < -0.3 is 15.2 Å². The summed E-state index contributed by atoms with van der Waals surface area (Å²) < 4.78 is 6.04. The maximum Gasteiger partial charge on any atom is 0.322 e. The summed E-state index contributed by atoms with van der Waals surface area (Å²) in [5, 5.41) is 11.1. The summed E-state index contributed by atoms with van der Waals surface area (Å²) in [7, 11) is 0. The van der Waals surface area contributed by atoms with Crippen molar-refractivity contribution in [3.8, 4) is 0 Å². The molecule has 6 nitrogen and oxygen atoms in total. The third kappa shape index (κ3) is 40.8. The smallest absolute Gasteiger partial charge is 0.322 e. The molecule has 0 fully saturated rings. The molecular weight excluding hydrogens is 634 g/mol. The number of hydrogen-bond donors (Lipinski definition) is 2. The Kier molecular flexibility index (Phi) is 39.4. The Morgan fingerprint density at radius 2 is 0.843 bits per heavy atom. The van der Waals surface area contributed by atoms with Gasteiger partial charge in [0.15, 0.2) is 0 Å². The summed E-state index contributed by atoms with van der Waals surface area (Å²) in [5.41, 5.74) is 0. The second-order valence-corrected chi connectivity index (χ2v) is 15.3. The first-order valence-corrected chi connectivity index (χ1v) is 22.3. The van der Waals surface area contributed by atoms with Crippen LogP contribution in [0.1, 0.15) is 245 Å². The van der Waals surface area contributed by atoms with Gasteiger partial charge in [-0.3, -0.25) is 14.4 Å². The van der Waals surface area contributed by atoms with Crippen molar-refractivity contribution in [2.45, 2.75) is 251 Å². The van der Waals surface area contributed by atoms with Crippen LogP contribution in [0.25, 0.3) is 0 Å². The first-order valence-electron chi connectivity index (χ1n) is 22.3. The van der Waals surface area contributed by atoms with Gasteiger partial charge in [0, 0.05) is 12.8 Å². The number of carbonyl (C=O) groups is 3. The van der Waals surface area contributed by atoms with Gasteiger partial charge in [0.2, 0.25) is 5.91 Å².